The smallest absolute Gasteiger partial charge is 0.0211 e. The molecule has 0 aliphatic carbocycles. The van der Waals surface area contributed by atoms with Crippen LogP contribution in [0.15, 0.2) is 55.1 Å². The Morgan fingerprint density at radius 2 is 1.88 bits per heavy atom. The molecule has 1 N–H and O–H groups in total. The Hall–Kier alpha value is -1.60. The minimum Gasteiger partial charge on any atom is -0.313 e. The lowest BCUT2D eigenvalue weighted by Crippen LogP contribution is -2.14. The molecule has 88 valence electrons. The molecule has 0 saturated heterocycles. The number of rotatable bonds is 6. The van der Waals surface area contributed by atoms with Crippen LogP contribution in [0.3, 0.4) is 0 Å². The van der Waals surface area contributed by atoms with Crippen LogP contribution in [-0.2, 0) is 6.54 Å². The van der Waals surface area contributed by atoms with Crippen LogP contribution in [0.2, 0.25) is 0 Å². The fraction of sp³-hybridized carbons (Fsp3) is 0.250. The van der Waals surface area contributed by atoms with Crippen molar-refractivity contribution >= 4 is 10.8 Å². The first-order chi connectivity index (χ1) is 8.42. The van der Waals surface area contributed by atoms with Crippen LogP contribution in [0.25, 0.3) is 10.8 Å². The summed E-state index contributed by atoms with van der Waals surface area (Å²) in [6, 6.07) is 15.0. The normalized spacial score (nSPS) is 10.6. The fourth-order valence-electron chi connectivity index (χ4n) is 2.04. The average molecular weight is 225 g/mol. The number of hydrogen-bond acceptors (Lipinski definition) is 1. The van der Waals surface area contributed by atoms with Crippen LogP contribution in [-0.4, -0.2) is 6.54 Å². The van der Waals surface area contributed by atoms with Gasteiger partial charge >= 0.3 is 0 Å². The Balaban J connectivity index is 2.01. The van der Waals surface area contributed by atoms with Gasteiger partial charge in [0.2, 0.25) is 0 Å². The van der Waals surface area contributed by atoms with Gasteiger partial charge in [-0.1, -0.05) is 48.5 Å². The van der Waals surface area contributed by atoms with E-state index >= 15 is 0 Å². The molecule has 1 nitrogen and oxygen atoms in total. The van der Waals surface area contributed by atoms with E-state index in [4.69, 9.17) is 0 Å². The number of nitrogens with one attached hydrogen (secondary N) is 1. The minimum atomic E-state index is 0.943. The molecule has 0 spiro atoms. The average Bonchev–Trinajstić information content (AvgIpc) is 2.39. The first-order valence-electron chi connectivity index (χ1n) is 6.20. The lowest BCUT2D eigenvalue weighted by atomic mass is 10.0. The summed E-state index contributed by atoms with van der Waals surface area (Å²) < 4.78 is 0. The molecule has 0 fully saturated rings. The van der Waals surface area contributed by atoms with Crippen molar-refractivity contribution < 1.29 is 0 Å². The number of benzene rings is 2. The predicted molar refractivity (Wildman–Crippen MR) is 75.1 cm³/mol. The van der Waals surface area contributed by atoms with Gasteiger partial charge in [0.25, 0.3) is 0 Å². The number of hydrogen-bond donors (Lipinski definition) is 1. The Labute approximate surface area is 103 Å². The van der Waals surface area contributed by atoms with E-state index in [1.165, 1.54) is 16.3 Å². The highest BCUT2D eigenvalue weighted by molar-refractivity contribution is 5.85. The monoisotopic (exact) mass is 225 g/mol. The van der Waals surface area contributed by atoms with Crippen molar-refractivity contribution in [3.05, 3.63) is 60.7 Å². The van der Waals surface area contributed by atoms with Crippen LogP contribution in [0.1, 0.15) is 18.4 Å². The molecule has 17 heavy (non-hydrogen) atoms. The van der Waals surface area contributed by atoms with Gasteiger partial charge in [0.15, 0.2) is 0 Å². The van der Waals surface area contributed by atoms with E-state index in [1.807, 2.05) is 6.08 Å². The quantitative estimate of drug-likeness (QED) is 0.581. The van der Waals surface area contributed by atoms with Crippen LogP contribution >= 0.6 is 0 Å². The van der Waals surface area contributed by atoms with Gasteiger partial charge in [0.05, 0.1) is 0 Å². The highest BCUT2D eigenvalue weighted by Gasteiger charge is 1.98. The van der Waals surface area contributed by atoms with Crippen LogP contribution in [0, 0.1) is 0 Å². The summed E-state index contributed by atoms with van der Waals surface area (Å²) >= 11 is 0. The molecule has 0 bridgehead atoms. The molecule has 0 atom stereocenters. The van der Waals surface area contributed by atoms with Crippen molar-refractivity contribution in [3.8, 4) is 0 Å². The maximum atomic E-state index is 3.73. The molecule has 2 aromatic carbocycles. The highest BCUT2D eigenvalue weighted by atomic mass is 14.8. The molecule has 2 rings (SSSR count). The maximum absolute atomic E-state index is 3.73. The van der Waals surface area contributed by atoms with Crippen molar-refractivity contribution in [2.45, 2.75) is 19.4 Å². The topological polar surface area (TPSA) is 12.0 Å². The van der Waals surface area contributed by atoms with Gasteiger partial charge in [0, 0.05) is 6.54 Å². The third-order valence-corrected chi connectivity index (χ3v) is 2.96. The first kappa shape index (κ1) is 11.9. The van der Waals surface area contributed by atoms with Crippen LogP contribution in [0.5, 0.6) is 0 Å². The number of unbranched alkanes of at least 4 members (excludes halogenated alkanes) is 1. The Bertz CT molecular complexity index is 482. The molecule has 0 heterocycles. The van der Waals surface area contributed by atoms with Crippen LogP contribution in [0.4, 0.5) is 0 Å². The zero-order valence-corrected chi connectivity index (χ0v) is 10.2. The van der Waals surface area contributed by atoms with Crippen molar-refractivity contribution in [1.29, 1.82) is 0 Å². The van der Waals surface area contributed by atoms with E-state index in [1.54, 1.807) is 0 Å². The molecule has 0 aliphatic rings. The molecule has 0 radical (unpaired) electrons. The lowest BCUT2D eigenvalue weighted by molar-refractivity contribution is 0.657. The first-order valence-corrected chi connectivity index (χ1v) is 6.20. The Morgan fingerprint density at radius 1 is 1.06 bits per heavy atom. The summed E-state index contributed by atoms with van der Waals surface area (Å²) in [6.07, 6.45) is 4.22. The van der Waals surface area contributed by atoms with E-state index in [-0.39, 0.29) is 0 Å². The zero-order chi connectivity index (χ0) is 11.9. The summed E-state index contributed by atoms with van der Waals surface area (Å²) in [5, 5.41) is 6.15. The molecule has 0 unspecified atom stereocenters. The SMILES string of the molecule is C=CCCCNCc1cccc2ccccc12. The molecule has 0 aliphatic heterocycles. The summed E-state index contributed by atoms with van der Waals surface area (Å²) in [6.45, 7) is 5.72. The van der Waals surface area contributed by atoms with E-state index in [0.29, 0.717) is 0 Å². The van der Waals surface area contributed by atoms with Gasteiger partial charge in [-0.25, -0.2) is 0 Å². The third kappa shape index (κ3) is 3.18. The minimum absolute atomic E-state index is 0.943. The molecular weight excluding hydrogens is 206 g/mol. The van der Waals surface area contributed by atoms with E-state index in [2.05, 4.69) is 54.4 Å². The molecular formula is C16H19N. The zero-order valence-electron chi connectivity index (χ0n) is 10.2. The molecule has 1 heteroatoms. The second-order valence-electron chi connectivity index (χ2n) is 4.25. The highest BCUT2D eigenvalue weighted by Crippen LogP contribution is 2.18. The van der Waals surface area contributed by atoms with Gasteiger partial charge < -0.3 is 5.32 Å². The Morgan fingerprint density at radius 3 is 2.76 bits per heavy atom. The number of fused-ring (bicyclic) bond motifs is 1. The van der Waals surface area contributed by atoms with Crippen molar-refractivity contribution in [3.63, 3.8) is 0 Å². The van der Waals surface area contributed by atoms with E-state index < -0.39 is 0 Å². The Kier molecular flexibility index (Phi) is 4.34. The van der Waals surface area contributed by atoms with Gasteiger partial charge in [-0.3, -0.25) is 0 Å². The van der Waals surface area contributed by atoms with Gasteiger partial charge in [-0.05, 0) is 35.7 Å². The van der Waals surface area contributed by atoms with E-state index in [9.17, 15) is 0 Å². The summed E-state index contributed by atoms with van der Waals surface area (Å²) in [7, 11) is 0. The van der Waals surface area contributed by atoms with Gasteiger partial charge in [-0.2, -0.15) is 0 Å². The number of allylic oxidation sites excluding steroid dienone is 1. The molecule has 0 aromatic heterocycles. The molecule has 2 aromatic rings. The van der Waals surface area contributed by atoms with Crippen molar-refractivity contribution in [2.24, 2.45) is 0 Å². The van der Waals surface area contributed by atoms with Gasteiger partial charge in [0.1, 0.15) is 0 Å². The summed E-state index contributed by atoms with van der Waals surface area (Å²) in [5.41, 5.74) is 1.38. The maximum Gasteiger partial charge on any atom is 0.0211 e. The van der Waals surface area contributed by atoms with Crippen molar-refractivity contribution in [1.82, 2.24) is 5.32 Å². The standard InChI is InChI=1S/C16H19N/c1-2-3-6-12-17-13-15-10-7-9-14-8-4-5-11-16(14)15/h2,4-5,7-11,17H,1,3,6,12-13H2. The second-order valence-corrected chi connectivity index (χ2v) is 4.25. The lowest BCUT2D eigenvalue weighted by Gasteiger charge is -2.07. The molecule has 0 saturated carbocycles. The molecule has 0 amide bonds. The van der Waals surface area contributed by atoms with E-state index in [0.717, 1.165) is 25.9 Å². The summed E-state index contributed by atoms with van der Waals surface area (Å²) in [5.74, 6) is 0. The van der Waals surface area contributed by atoms with Crippen LogP contribution < -0.4 is 5.32 Å². The third-order valence-electron chi connectivity index (χ3n) is 2.96. The van der Waals surface area contributed by atoms with Crippen molar-refractivity contribution in [2.75, 3.05) is 6.54 Å². The van der Waals surface area contributed by atoms with Gasteiger partial charge in [-0.15, -0.1) is 6.58 Å². The fourth-order valence-corrected chi connectivity index (χ4v) is 2.04. The summed E-state index contributed by atoms with van der Waals surface area (Å²) in [4.78, 5) is 0. The second kappa shape index (κ2) is 6.21. The largest absolute Gasteiger partial charge is 0.313 e. The predicted octanol–water partition coefficient (Wildman–Crippen LogP) is 3.90.